The Hall–Kier alpha value is -1.81. The number of cyclic esters (lactones) is 1. The first-order valence-corrected chi connectivity index (χ1v) is 6.06. The summed E-state index contributed by atoms with van der Waals surface area (Å²) in [6.45, 7) is 0. The Morgan fingerprint density at radius 1 is 1.44 bits per heavy atom. The molecule has 2 heterocycles. The van der Waals surface area contributed by atoms with Crippen LogP contribution in [-0.2, 0) is 23.0 Å². The summed E-state index contributed by atoms with van der Waals surface area (Å²) in [5.74, 6) is -0.500. The largest absolute Gasteiger partial charge is 0.460 e. The van der Waals surface area contributed by atoms with Gasteiger partial charge in [0.05, 0.1) is 0 Å². The van der Waals surface area contributed by atoms with Gasteiger partial charge in [-0.3, -0.25) is 0 Å². The molecule has 18 heavy (non-hydrogen) atoms. The van der Waals surface area contributed by atoms with Gasteiger partial charge in [-0.2, -0.15) is 0 Å². The van der Waals surface area contributed by atoms with Gasteiger partial charge >= 0.3 is 5.97 Å². The minimum absolute atomic E-state index is 0.210. The molecular weight excluding hydrogens is 230 g/mol. The molecule has 4 nitrogen and oxygen atoms in total. The summed E-state index contributed by atoms with van der Waals surface area (Å²) in [6, 6.07) is 8.14. The third kappa shape index (κ3) is 1.78. The minimum atomic E-state index is -0.954. The van der Waals surface area contributed by atoms with E-state index in [0.717, 1.165) is 11.1 Å². The lowest BCUT2D eigenvalue weighted by atomic mass is 10.0. The summed E-state index contributed by atoms with van der Waals surface area (Å²) < 4.78 is 7.20. The van der Waals surface area contributed by atoms with Crippen molar-refractivity contribution in [1.82, 2.24) is 4.57 Å². The van der Waals surface area contributed by atoms with Crippen LogP contribution in [0.3, 0.4) is 0 Å². The van der Waals surface area contributed by atoms with Gasteiger partial charge < -0.3 is 14.4 Å². The minimum Gasteiger partial charge on any atom is -0.460 e. The molecule has 1 fully saturated rings. The second-order valence-electron chi connectivity index (χ2n) is 4.80. The van der Waals surface area contributed by atoms with Gasteiger partial charge in [0.15, 0.2) is 6.10 Å². The first-order valence-electron chi connectivity index (χ1n) is 6.06. The Labute approximate surface area is 105 Å². The Bertz CT molecular complexity index is 602. The van der Waals surface area contributed by atoms with Gasteiger partial charge in [-0.25, -0.2) is 4.79 Å². The van der Waals surface area contributed by atoms with E-state index in [4.69, 9.17) is 4.74 Å². The van der Waals surface area contributed by atoms with E-state index in [-0.39, 0.29) is 6.10 Å². The summed E-state index contributed by atoms with van der Waals surface area (Å²) in [5, 5.41) is 10.6. The molecule has 0 bridgehead atoms. The van der Waals surface area contributed by atoms with Gasteiger partial charge in [0.1, 0.15) is 6.10 Å². The van der Waals surface area contributed by atoms with Crippen molar-refractivity contribution in [3.05, 3.63) is 36.0 Å². The number of aryl methyl sites for hydroxylation is 1. The maximum absolute atomic E-state index is 11.2. The first-order chi connectivity index (χ1) is 8.65. The Morgan fingerprint density at radius 3 is 2.94 bits per heavy atom. The number of fused-ring (bicyclic) bond motifs is 1. The van der Waals surface area contributed by atoms with E-state index in [0.29, 0.717) is 12.8 Å². The number of aliphatic hydroxyl groups excluding tert-OH is 1. The number of benzene rings is 1. The molecule has 1 aromatic carbocycles. The van der Waals surface area contributed by atoms with Crippen molar-refractivity contribution in [2.24, 2.45) is 7.05 Å². The lowest BCUT2D eigenvalue weighted by Crippen LogP contribution is -2.11. The average Bonchev–Trinajstić information content (AvgIpc) is 2.83. The average molecular weight is 245 g/mol. The van der Waals surface area contributed by atoms with Crippen LogP contribution in [0.4, 0.5) is 0 Å². The number of aromatic nitrogens is 1. The van der Waals surface area contributed by atoms with Crippen LogP contribution in [0.2, 0.25) is 0 Å². The Balaban J connectivity index is 1.89. The van der Waals surface area contributed by atoms with E-state index in [1.54, 1.807) is 0 Å². The number of ether oxygens (including phenoxy) is 1. The molecule has 94 valence electrons. The highest BCUT2D eigenvalue weighted by Gasteiger charge is 2.33. The predicted molar refractivity (Wildman–Crippen MR) is 67.1 cm³/mol. The van der Waals surface area contributed by atoms with Gasteiger partial charge in [-0.1, -0.05) is 18.2 Å². The highest BCUT2D eigenvalue weighted by atomic mass is 16.6. The maximum Gasteiger partial charge on any atom is 0.335 e. The number of carbonyl (C=O) groups is 1. The van der Waals surface area contributed by atoms with Crippen LogP contribution in [0.1, 0.15) is 12.0 Å². The third-order valence-corrected chi connectivity index (χ3v) is 3.47. The van der Waals surface area contributed by atoms with Gasteiger partial charge in [0, 0.05) is 37.0 Å². The molecule has 3 rings (SSSR count). The first kappa shape index (κ1) is 11.3. The van der Waals surface area contributed by atoms with Crippen molar-refractivity contribution >= 4 is 16.9 Å². The molecule has 1 aromatic heterocycles. The molecule has 0 unspecified atom stereocenters. The number of hydrogen-bond acceptors (Lipinski definition) is 3. The quantitative estimate of drug-likeness (QED) is 0.814. The van der Waals surface area contributed by atoms with Crippen molar-refractivity contribution in [2.45, 2.75) is 25.0 Å². The lowest BCUT2D eigenvalue weighted by Gasteiger charge is -2.07. The van der Waals surface area contributed by atoms with Crippen LogP contribution in [0.25, 0.3) is 10.9 Å². The summed E-state index contributed by atoms with van der Waals surface area (Å²) in [4.78, 5) is 11.2. The normalized spacial score (nSPS) is 23.6. The summed E-state index contributed by atoms with van der Waals surface area (Å²) in [7, 11) is 2.00. The zero-order chi connectivity index (χ0) is 12.7. The highest BCUT2D eigenvalue weighted by Crippen LogP contribution is 2.25. The second kappa shape index (κ2) is 4.14. The van der Waals surface area contributed by atoms with Crippen LogP contribution < -0.4 is 0 Å². The zero-order valence-electron chi connectivity index (χ0n) is 10.2. The van der Waals surface area contributed by atoms with Gasteiger partial charge in [0.25, 0.3) is 0 Å². The maximum atomic E-state index is 11.2. The van der Waals surface area contributed by atoms with Crippen molar-refractivity contribution in [2.75, 3.05) is 0 Å². The van der Waals surface area contributed by atoms with Crippen LogP contribution >= 0.6 is 0 Å². The molecule has 0 radical (unpaired) electrons. The SMILES string of the molecule is Cn1cc(C[C@@H]2C[C@@H](O)C(=O)O2)c2ccccc21. The van der Waals surface area contributed by atoms with Crippen LogP contribution in [-0.4, -0.2) is 27.9 Å². The molecule has 2 atom stereocenters. The van der Waals surface area contributed by atoms with Crippen molar-refractivity contribution in [3.8, 4) is 0 Å². The molecule has 1 aliphatic heterocycles. The monoisotopic (exact) mass is 245 g/mol. The standard InChI is InChI=1S/C14H15NO3/c1-15-8-9(11-4-2-3-5-12(11)15)6-10-7-13(16)14(17)18-10/h2-5,8,10,13,16H,6-7H2,1H3/t10-,13-/m1/s1. The lowest BCUT2D eigenvalue weighted by molar-refractivity contribution is -0.147. The number of carbonyl (C=O) groups excluding carboxylic acids is 1. The van der Waals surface area contributed by atoms with Crippen molar-refractivity contribution in [1.29, 1.82) is 0 Å². The van der Waals surface area contributed by atoms with E-state index in [1.807, 2.05) is 19.2 Å². The number of hydrogen-bond donors (Lipinski definition) is 1. The number of nitrogens with zero attached hydrogens (tertiary/aromatic N) is 1. The van der Waals surface area contributed by atoms with E-state index in [2.05, 4.69) is 22.9 Å². The fraction of sp³-hybridized carbons (Fsp3) is 0.357. The number of esters is 1. The second-order valence-corrected chi connectivity index (χ2v) is 4.80. The van der Waals surface area contributed by atoms with Crippen LogP contribution in [0, 0.1) is 0 Å². The fourth-order valence-corrected chi connectivity index (χ4v) is 2.59. The summed E-state index contributed by atoms with van der Waals surface area (Å²) >= 11 is 0. The molecule has 1 aliphatic rings. The smallest absolute Gasteiger partial charge is 0.335 e. The summed E-state index contributed by atoms with van der Waals surface area (Å²) in [5.41, 5.74) is 2.32. The van der Waals surface area contributed by atoms with Crippen molar-refractivity contribution in [3.63, 3.8) is 0 Å². The Morgan fingerprint density at radius 2 is 2.22 bits per heavy atom. The molecule has 0 saturated carbocycles. The third-order valence-electron chi connectivity index (χ3n) is 3.47. The van der Waals surface area contributed by atoms with E-state index >= 15 is 0 Å². The van der Waals surface area contributed by atoms with Crippen LogP contribution in [0.5, 0.6) is 0 Å². The fourth-order valence-electron chi connectivity index (χ4n) is 2.59. The molecule has 1 saturated heterocycles. The van der Waals surface area contributed by atoms with Crippen LogP contribution in [0.15, 0.2) is 30.5 Å². The van der Waals surface area contributed by atoms with E-state index in [1.165, 1.54) is 5.39 Å². The van der Waals surface area contributed by atoms with Gasteiger partial charge in [-0.05, 0) is 11.6 Å². The number of aliphatic hydroxyl groups is 1. The molecule has 1 N–H and O–H groups in total. The highest BCUT2D eigenvalue weighted by molar-refractivity contribution is 5.84. The Kier molecular flexibility index (Phi) is 2.59. The molecule has 0 amide bonds. The number of para-hydroxylation sites is 1. The van der Waals surface area contributed by atoms with E-state index in [9.17, 15) is 9.90 Å². The zero-order valence-corrected chi connectivity index (χ0v) is 10.2. The summed E-state index contributed by atoms with van der Waals surface area (Å²) in [6.07, 6.45) is 1.94. The van der Waals surface area contributed by atoms with Gasteiger partial charge in [-0.15, -0.1) is 0 Å². The molecule has 0 aliphatic carbocycles. The molecule has 0 spiro atoms. The molecular formula is C14H15NO3. The van der Waals surface area contributed by atoms with Crippen molar-refractivity contribution < 1.29 is 14.6 Å². The molecule has 2 aromatic rings. The topological polar surface area (TPSA) is 51.5 Å². The number of rotatable bonds is 2. The van der Waals surface area contributed by atoms with E-state index < -0.39 is 12.1 Å². The molecule has 4 heteroatoms. The predicted octanol–water partition coefficient (Wildman–Crippen LogP) is 1.40. The van der Waals surface area contributed by atoms with Gasteiger partial charge in [0.2, 0.25) is 0 Å².